The van der Waals surface area contributed by atoms with Gasteiger partial charge >= 0.3 is 6.18 Å². The molecule has 0 radical (unpaired) electrons. The van der Waals surface area contributed by atoms with Crippen molar-refractivity contribution in [3.8, 4) is 23.1 Å². The van der Waals surface area contributed by atoms with Gasteiger partial charge in [-0.05, 0) is 38.1 Å². The Morgan fingerprint density at radius 2 is 1.73 bits per heavy atom. The molecule has 170 valence electrons. The first-order chi connectivity index (χ1) is 15.7. The molecule has 2 aromatic carbocycles. The molecular weight excluding hydrogens is 435 g/mol. The minimum absolute atomic E-state index is 0.0147. The van der Waals surface area contributed by atoms with E-state index < -0.39 is 11.7 Å². The van der Waals surface area contributed by atoms with Crippen LogP contribution in [0.15, 0.2) is 61.1 Å². The Morgan fingerprint density at radius 3 is 2.42 bits per heavy atom. The average Bonchev–Trinajstić information content (AvgIpc) is 3.19. The van der Waals surface area contributed by atoms with Crippen molar-refractivity contribution in [2.45, 2.75) is 20.0 Å². The van der Waals surface area contributed by atoms with Crippen LogP contribution in [0.25, 0.3) is 5.69 Å². The second kappa shape index (κ2) is 8.81. The van der Waals surface area contributed by atoms with Gasteiger partial charge < -0.3 is 19.4 Å². The number of hydrogen-bond acceptors (Lipinski definition) is 6. The van der Waals surface area contributed by atoms with Crippen LogP contribution in [-0.2, 0) is 6.18 Å². The van der Waals surface area contributed by atoms with E-state index in [2.05, 4.69) is 20.3 Å². The number of alkyl halides is 3. The summed E-state index contributed by atoms with van der Waals surface area (Å²) < 4.78 is 52.7. The van der Waals surface area contributed by atoms with Crippen LogP contribution in [0.5, 0.6) is 17.4 Å². The van der Waals surface area contributed by atoms with E-state index in [9.17, 15) is 13.2 Å². The maximum Gasteiger partial charge on any atom is 0.419 e. The van der Waals surface area contributed by atoms with Crippen molar-refractivity contribution in [2.75, 3.05) is 12.4 Å². The summed E-state index contributed by atoms with van der Waals surface area (Å²) in [6, 6.07) is 11.8. The number of halogens is 3. The fourth-order valence-corrected chi connectivity index (χ4v) is 3.20. The van der Waals surface area contributed by atoms with E-state index in [1.165, 1.54) is 24.3 Å². The number of aryl methyl sites for hydroxylation is 2. The van der Waals surface area contributed by atoms with Crippen LogP contribution in [0.2, 0.25) is 0 Å². The Kier molecular flexibility index (Phi) is 5.91. The van der Waals surface area contributed by atoms with Crippen LogP contribution < -0.4 is 14.8 Å². The maximum absolute atomic E-state index is 13.3. The highest BCUT2D eigenvalue weighted by atomic mass is 19.4. The number of para-hydroxylation sites is 1. The molecule has 7 nitrogen and oxygen atoms in total. The molecule has 1 N–H and O–H groups in total. The van der Waals surface area contributed by atoms with Gasteiger partial charge in [-0.2, -0.15) is 18.2 Å². The lowest BCUT2D eigenvalue weighted by molar-refractivity contribution is -0.138. The van der Waals surface area contributed by atoms with Crippen molar-refractivity contribution < 1.29 is 22.6 Å². The van der Waals surface area contributed by atoms with Gasteiger partial charge in [0.15, 0.2) is 0 Å². The summed E-state index contributed by atoms with van der Waals surface area (Å²) in [5, 5.41) is 3.05. The Morgan fingerprint density at radius 1 is 0.939 bits per heavy atom. The predicted molar refractivity (Wildman–Crippen MR) is 116 cm³/mol. The summed E-state index contributed by atoms with van der Waals surface area (Å²) in [5.74, 6) is 0.401. The molecular formula is C23H20F3N5O2. The molecule has 0 atom stereocenters. The molecule has 2 heterocycles. The zero-order valence-corrected chi connectivity index (χ0v) is 18.0. The summed E-state index contributed by atoms with van der Waals surface area (Å²) in [4.78, 5) is 12.7. The third-order valence-electron chi connectivity index (χ3n) is 4.66. The van der Waals surface area contributed by atoms with Crippen LogP contribution in [0, 0.1) is 13.8 Å². The number of ether oxygens (including phenoxy) is 2. The zero-order valence-electron chi connectivity index (χ0n) is 18.0. The maximum atomic E-state index is 13.3. The third kappa shape index (κ3) is 5.05. The highest BCUT2D eigenvalue weighted by Crippen LogP contribution is 2.38. The number of nitrogens with one attached hydrogen (secondary N) is 1. The standard InChI is InChI=1S/C23H20F3N5O2/c1-14-10-21(33-19-7-5-4-6-17(19)23(24,25)26)30-22(28-14)29-16-8-9-18(20(11-16)32-3)31-12-15(2)27-13-31/h4-13H,1-3H3,(H,28,29,30). The minimum Gasteiger partial charge on any atom is -0.494 e. The molecule has 0 amide bonds. The van der Waals surface area contributed by atoms with E-state index in [1.807, 2.05) is 23.8 Å². The number of aromatic nitrogens is 4. The van der Waals surface area contributed by atoms with E-state index in [4.69, 9.17) is 9.47 Å². The largest absolute Gasteiger partial charge is 0.494 e. The number of nitrogens with zero attached hydrogens (tertiary/aromatic N) is 4. The average molecular weight is 455 g/mol. The zero-order chi connectivity index (χ0) is 23.6. The molecule has 2 aromatic heterocycles. The molecule has 10 heteroatoms. The highest BCUT2D eigenvalue weighted by Gasteiger charge is 2.34. The van der Waals surface area contributed by atoms with E-state index in [-0.39, 0.29) is 17.6 Å². The Balaban J connectivity index is 1.60. The molecule has 0 bridgehead atoms. The summed E-state index contributed by atoms with van der Waals surface area (Å²) in [6.07, 6.45) is -0.991. The van der Waals surface area contributed by atoms with Gasteiger partial charge in [0.05, 0.1) is 30.4 Å². The number of imidazole rings is 1. The summed E-state index contributed by atoms with van der Waals surface area (Å²) in [5.41, 5.74) is 1.92. The lowest BCUT2D eigenvalue weighted by Crippen LogP contribution is -2.07. The summed E-state index contributed by atoms with van der Waals surface area (Å²) in [6.45, 7) is 3.58. The molecule has 0 aliphatic rings. The highest BCUT2D eigenvalue weighted by molar-refractivity contribution is 5.62. The van der Waals surface area contributed by atoms with Crippen LogP contribution >= 0.6 is 0 Å². The minimum atomic E-state index is -4.55. The van der Waals surface area contributed by atoms with Crippen LogP contribution in [-0.4, -0.2) is 26.6 Å². The lowest BCUT2D eigenvalue weighted by Gasteiger charge is -2.14. The van der Waals surface area contributed by atoms with Crippen molar-refractivity contribution in [3.63, 3.8) is 0 Å². The topological polar surface area (TPSA) is 74.1 Å². The molecule has 0 saturated carbocycles. The first-order valence-electron chi connectivity index (χ1n) is 9.89. The molecule has 0 saturated heterocycles. The van der Waals surface area contributed by atoms with E-state index in [0.717, 1.165) is 17.4 Å². The van der Waals surface area contributed by atoms with Gasteiger partial charge in [0, 0.05) is 29.7 Å². The first-order valence-corrected chi connectivity index (χ1v) is 9.89. The van der Waals surface area contributed by atoms with Gasteiger partial charge in [0.25, 0.3) is 0 Å². The molecule has 4 aromatic rings. The number of rotatable bonds is 6. The summed E-state index contributed by atoms with van der Waals surface area (Å²) >= 11 is 0. The van der Waals surface area contributed by atoms with Crippen molar-refractivity contribution in [1.29, 1.82) is 0 Å². The molecule has 33 heavy (non-hydrogen) atoms. The van der Waals surface area contributed by atoms with Gasteiger partial charge in [-0.25, -0.2) is 9.97 Å². The van der Waals surface area contributed by atoms with E-state index >= 15 is 0 Å². The normalized spacial score (nSPS) is 11.3. The van der Waals surface area contributed by atoms with Crippen molar-refractivity contribution >= 4 is 11.6 Å². The molecule has 0 spiro atoms. The van der Waals surface area contributed by atoms with Crippen molar-refractivity contribution in [1.82, 2.24) is 19.5 Å². The van der Waals surface area contributed by atoms with Gasteiger partial charge in [-0.15, -0.1) is 0 Å². The third-order valence-corrected chi connectivity index (χ3v) is 4.66. The van der Waals surface area contributed by atoms with Gasteiger partial charge in [-0.3, -0.25) is 0 Å². The van der Waals surface area contributed by atoms with Crippen molar-refractivity contribution in [3.05, 3.63) is 78.0 Å². The van der Waals surface area contributed by atoms with Crippen LogP contribution in [0.3, 0.4) is 0 Å². The Hall–Kier alpha value is -4.08. The number of hydrogen-bond donors (Lipinski definition) is 1. The number of benzene rings is 2. The fourth-order valence-electron chi connectivity index (χ4n) is 3.20. The van der Waals surface area contributed by atoms with E-state index in [1.54, 1.807) is 32.5 Å². The monoisotopic (exact) mass is 455 g/mol. The summed E-state index contributed by atoms with van der Waals surface area (Å²) in [7, 11) is 1.56. The lowest BCUT2D eigenvalue weighted by atomic mass is 10.2. The second-order valence-electron chi connectivity index (χ2n) is 7.20. The second-order valence-corrected chi connectivity index (χ2v) is 7.20. The van der Waals surface area contributed by atoms with Crippen molar-refractivity contribution in [2.24, 2.45) is 0 Å². The van der Waals surface area contributed by atoms with E-state index in [0.29, 0.717) is 17.1 Å². The molecule has 0 fully saturated rings. The quantitative estimate of drug-likeness (QED) is 0.394. The van der Waals surface area contributed by atoms with Gasteiger partial charge in [0.2, 0.25) is 11.8 Å². The van der Waals surface area contributed by atoms with Crippen LogP contribution in [0.4, 0.5) is 24.8 Å². The Labute approximate surface area is 187 Å². The van der Waals surface area contributed by atoms with Gasteiger partial charge in [-0.1, -0.05) is 12.1 Å². The SMILES string of the molecule is COc1cc(Nc2nc(C)cc(Oc3ccccc3C(F)(F)F)n2)ccc1-n1cnc(C)c1. The van der Waals surface area contributed by atoms with Crippen LogP contribution in [0.1, 0.15) is 17.0 Å². The number of anilines is 2. The Bertz CT molecular complexity index is 1290. The number of methoxy groups -OCH3 is 1. The van der Waals surface area contributed by atoms with Gasteiger partial charge in [0.1, 0.15) is 11.5 Å². The predicted octanol–water partition coefficient (Wildman–Crippen LogP) is 5.84. The molecule has 0 unspecified atom stereocenters. The fraction of sp³-hybridized carbons (Fsp3) is 0.174. The first kappa shape index (κ1) is 22.1. The smallest absolute Gasteiger partial charge is 0.419 e. The molecule has 0 aliphatic carbocycles. The molecule has 4 rings (SSSR count). The molecule has 0 aliphatic heterocycles.